The van der Waals surface area contributed by atoms with Crippen LogP contribution in [-0.4, -0.2) is 60.8 Å². The van der Waals surface area contributed by atoms with Crippen LogP contribution in [-0.2, 0) is 0 Å². The largest absolute Gasteiger partial charge is 0.405 e. The molecule has 18 heavy (non-hydrogen) atoms. The fourth-order valence-electron chi connectivity index (χ4n) is 2.73. The lowest BCUT2D eigenvalue weighted by molar-refractivity contribution is -0.192. The zero-order valence-corrected chi connectivity index (χ0v) is 10.8. The Morgan fingerprint density at radius 1 is 1.17 bits per heavy atom. The van der Waals surface area contributed by atoms with E-state index in [9.17, 15) is 13.2 Å². The molecule has 0 aromatic heterocycles. The lowest BCUT2D eigenvalue weighted by Crippen LogP contribution is -2.60. The summed E-state index contributed by atoms with van der Waals surface area (Å²) >= 11 is 0. The first-order valence-corrected chi connectivity index (χ1v) is 6.66. The van der Waals surface area contributed by atoms with E-state index in [1.54, 1.807) is 0 Å². The molecule has 0 aromatic carbocycles. The summed E-state index contributed by atoms with van der Waals surface area (Å²) < 4.78 is 38.8. The molecule has 6 heteroatoms. The number of halogens is 3. The van der Waals surface area contributed by atoms with Gasteiger partial charge in [-0.25, -0.2) is 0 Å². The highest BCUT2D eigenvalue weighted by atomic mass is 19.4. The van der Waals surface area contributed by atoms with E-state index in [1.807, 2.05) is 0 Å². The van der Waals surface area contributed by atoms with Gasteiger partial charge < -0.3 is 10.6 Å². The van der Waals surface area contributed by atoms with E-state index in [0.29, 0.717) is 13.1 Å². The third kappa shape index (κ3) is 3.59. The van der Waals surface area contributed by atoms with Crippen LogP contribution < -0.4 is 5.73 Å². The lowest BCUT2D eigenvalue weighted by atomic mass is 10.1. The molecule has 1 saturated heterocycles. The Kier molecular flexibility index (Phi) is 4.18. The van der Waals surface area contributed by atoms with Crippen molar-refractivity contribution in [2.75, 3.05) is 32.7 Å². The fourth-order valence-corrected chi connectivity index (χ4v) is 2.73. The summed E-state index contributed by atoms with van der Waals surface area (Å²) in [6, 6.07) is -2.37. The van der Waals surface area contributed by atoms with Crippen molar-refractivity contribution in [2.45, 2.75) is 38.0 Å². The van der Waals surface area contributed by atoms with Gasteiger partial charge >= 0.3 is 6.18 Å². The zero-order chi connectivity index (χ0) is 13.3. The van der Waals surface area contributed by atoms with Gasteiger partial charge in [-0.1, -0.05) is 0 Å². The van der Waals surface area contributed by atoms with E-state index >= 15 is 0 Å². The van der Waals surface area contributed by atoms with E-state index in [0.717, 1.165) is 25.6 Å². The van der Waals surface area contributed by atoms with Gasteiger partial charge in [0.1, 0.15) is 6.04 Å². The first kappa shape index (κ1) is 14.1. The maximum atomic E-state index is 12.9. The molecular weight excluding hydrogens is 243 g/mol. The number of nitrogens with two attached hydrogens (primary N) is 1. The van der Waals surface area contributed by atoms with Crippen molar-refractivity contribution in [1.29, 1.82) is 0 Å². The van der Waals surface area contributed by atoms with E-state index in [2.05, 4.69) is 4.90 Å². The summed E-state index contributed by atoms with van der Waals surface area (Å²) in [6.45, 7) is 4.90. The van der Waals surface area contributed by atoms with Crippen molar-refractivity contribution < 1.29 is 13.2 Å². The van der Waals surface area contributed by atoms with Crippen LogP contribution in [0.15, 0.2) is 0 Å². The quantitative estimate of drug-likeness (QED) is 0.831. The second kappa shape index (κ2) is 5.35. The number of piperazine rings is 1. The SMILES string of the molecule is CC(N)C(N1CCN(CC2CC2)CC1)C(F)(F)F. The molecule has 0 aromatic rings. The Morgan fingerprint density at radius 2 is 1.72 bits per heavy atom. The van der Waals surface area contributed by atoms with Crippen molar-refractivity contribution in [3.8, 4) is 0 Å². The van der Waals surface area contributed by atoms with Crippen molar-refractivity contribution in [3.63, 3.8) is 0 Å². The molecule has 2 rings (SSSR count). The molecule has 2 N–H and O–H groups in total. The lowest BCUT2D eigenvalue weighted by Gasteiger charge is -2.41. The molecule has 1 saturated carbocycles. The average molecular weight is 265 g/mol. The van der Waals surface area contributed by atoms with Crippen LogP contribution in [0.1, 0.15) is 19.8 Å². The van der Waals surface area contributed by atoms with Gasteiger partial charge in [-0.05, 0) is 25.7 Å². The molecule has 0 amide bonds. The van der Waals surface area contributed by atoms with Gasteiger partial charge in [-0.2, -0.15) is 13.2 Å². The second-order valence-corrected chi connectivity index (χ2v) is 5.63. The number of alkyl halides is 3. The Labute approximate surface area is 106 Å². The first-order chi connectivity index (χ1) is 8.38. The second-order valence-electron chi connectivity index (χ2n) is 5.63. The van der Waals surface area contributed by atoms with Gasteiger partial charge in [0.25, 0.3) is 0 Å². The molecule has 1 aliphatic carbocycles. The highest BCUT2D eigenvalue weighted by Crippen LogP contribution is 2.31. The Morgan fingerprint density at radius 3 is 2.11 bits per heavy atom. The zero-order valence-electron chi connectivity index (χ0n) is 10.8. The predicted octanol–water partition coefficient (Wildman–Crippen LogP) is 1.29. The van der Waals surface area contributed by atoms with Crippen LogP contribution in [0.3, 0.4) is 0 Å². The van der Waals surface area contributed by atoms with Crippen LogP contribution in [0.4, 0.5) is 13.2 Å². The Hall–Kier alpha value is -0.330. The molecule has 0 bridgehead atoms. The first-order valence-electron chi connectivity index (χ1n) is 6.66. The van der Waals surface area contributed by atoms with Gasteiger partial charge in [0, 0.05) is 38.8 Å². The van der Waals surface area contributed by atoms with Crippen molar-refractivity contribution in [3.05, 3.63) is 0 Å². The van der Waals surface area contributed by atoms with Crippen molar-refractivity contribution in [1.82, 2.24) is 9.80 Å². The minimum atomic E-state index is -4.23. The summed E-state index contributed by atoms with van der Waals surface area (Å²) in [5.41, 5.74) is 5.50. The van der Waals surface area contributed by atoms with Crippen LogP contribution in [0.2, 0.25) is 0 Å². The predicted molar refractivity (Wildman–Crippen MR) is 64.2 cm³/mol. The number of hydrogen-bond acceptors (Lipinski definition) is 3. The molecule has 3 nitrogen and oxygen atoms in total. The number of hydrogen-bond donors (Lipinski definition) is 1. The third-order valence-corrected chi connectivity index (χ3v) is 3.85. The molecule has 2 unspecified atom stereocenters. The molecule has 2 atom stereocenters. The van der Waals surface area contributed by atoms with Gasteiger partial charge in [0.05, 0.1) is 0 Å². The Balaban J connectivity index is 1.86. The number of nitrogens with zero attached hydrogens (tertiary/aromatic N) is 2. The monoisotopic (exact) mass is 265 g/mol. The van der Waals surface area contributed by atoms with Gasteiger partial charge in [0.2, 0.25) is 0 Å². The van der Waals surface area contributed by atoms with Gasteiger partial charge in [-0.3, -0.25) is 4.90 Å². The highest BCUT2D eigenvalue weighted by Gasteiger charge is 2.46. The summed E-state index contributed by atoms with van der Waals surface area (Å²) in [6.07, 6.45) is -1.66. The average Bonchev–Trinajstić information content (AvgIpc) is 3.02. The summed E-state index contributed by atoms with van der Waals surface area (Å²) in [5.74, 6) is 0.795. The minimum absolute atomic E-state index is 0.471. The summed E-state index contributed by atoms with van der Waals surface area (Å²) in [4.78, 5) is 3.77. The topological polar surface area (TPSA) is 32.5 Å². The normalized spacial score (nSPS) is 27.2. The fraction of sp³-hybridized carbons (Fsp3) is 1.00. The van der Waals surface area contributed by atoms with Gasteiger partial charge in [0.15, 0.2) is 0 Å². The van der Waals surface area contributed by atoms with E-state index in [-0.39, 0.29) is 0 Å². The smallest absolute Gasteiger partial charge is 0.326 e. The van der Waals surface area contributed by atoms with Crippen molar-refractivity contribution >= 4 is 0 Å². The summed E-state index contributed by atoms with van der Waals surface area (Å²) in [7, 11) is 0. The Bertz CT molecular complexity index is 268. The van der Waals surface area contributed by atoms with Gasteiger partial charge in [-0.15, -0.1) is 0 Å². The number of rotatable bonds is 4. The molecule has 2 fully saturated rings. The van der Waals surface area contributed by atoms with Crippen LogP contribution in [0.5, 0.6) is 0 Å². The third-order valence-electron chi connectivity index (χ3n) is 3.85. The minimum Gasteiger partial charge on any atom is -0.326 e. The maximum Gasteiger partial charge on any atom is 0.405 e. The van der Waals surface area contributed by atoms with Crippen LogP contribution >= 0.6 is 0 Å². The van der Waals surface area contributed by atoms with E-state index < -0.39 is 18.3 Å². The molecule has 0 spiro atoms. The molecule has 1 heterocycles. The molecule has 1 aliphatic heterocycles. The van der Waals surface area contributed by atoms with E-state index in [1.165, 1.54) is 24.7 Å². The van der Waals surface area contributed by atoms with Crippen LogP contribution in [0.25, 0.3) is 0 Å². The molecular formula is C12H22F3N3. The molecule has 0 radical (unpaired) electrons. The molecule has 2 aliphatic rings. The summed E-state index contributed by atoms with van der Waals surface area (Å²) in [5, 5.41) is 0. The highest BCUT2D eigenvalue weighted by molar-refractivity contribution is 4.89. The molecule has 106 valence electrons. The van der Waals surface area contributed by atoms with Crippen LogP contribution in [0, 0.1) is 5.92 Å². The standard InChI is InChI=1S/C12H22F3N3/c1-9(16)11(12(13,14)15)18-6-4-17(5-7-18)8-10-2-3-10/h9-11H,2-8,16H2,1H3. The van der Waals surface area contributed by atoms with Crippen molar-refractivity contribution in [2.24, 2.45) is 11.7 Å². The maximum absolute atomic E-state index is 12.9. The van der Waals surface area contributed by atoms with E-state index in [4.69, 9.17) is 5.73 Å².